The van der Waals surface area contributed by atoms with Crippen molar-refractivity contribution in [2.45, 2.75) is 33.6 Å². The molecule has 0 aliphatic carbocycles. The van der Waals surface area contributed by atoms with Gasteiger partial charge in [0.2, 0.25) is 0 Å². The second kappa shape index (κ2) is 8.38. The lowest BCUT2D eigenvalue weighted by molar-refractivity contribution is 0.252. The zero-order valence-electron chi connectivity index (χ0n) is 14.8. The number of rotatable bonds is 7. The minimum atomic E-state index is -0.189. The first-order valence-electron chi connectivity index (χ1n) is 8.29. The maximum absolute atomic E-state index is 12.1. The largest absolute Gasteiger partial charge is 0.373 e. The number of aromatic nitrogens is 1. The van der Waals surface area contributed by atoms with Gasteiger partial charge in [-0.3, -0.25) is 0 Å². The molecule has 1 heterocycles. The number of urea groups is 1. The molecule has 2 amide bonds. The van der Waals surface area contributed by atoms with Crippen LogP contribution in [0.3, 0.4) is 0 Å². The van der Waals surface area contributed by atoms with Crippen molar-refractivity contribution in [3.8, 4) is 0 Å². The molecule has 6 nitrogen and oxygen atoms in total. The molecular weight excluding hydrogens is 304 g/mol. The molecule has 0 saturated heterocycles. The van der Waals surface area contributed by atoms with Crippen LogP contribution in [0.5, 0.6) is 0 Å². The van der Waals surface area contributed by atoms with Crippen LogP contribution in [0.25, 0.3) is 0 Å². The number of nitrogens with zero attached hydrogens (tertiary/aromatic N) is 2. The maximum atomic E-state index is 12.1. The first kappa shape index (κ1) is 17.8. The van der Waals surface area contributed by atoms with E-state index in [0.29, 0.717) is 6.54 Å². The molecule has 24 heavy (non-hydrogen) atoms. The molecule has 0 saturated carbocycles. The highest BCUT2D eigenvalue weighted by atomic mass is 16.5. The molecule has 0 spiro atoms. The molecule has 1 aromatic heterocycles. The standard InChI is InChI=1S/C18H26N4O2/c1-5-22(4)17-11-7-6-10-16(17)20-18(23)19-12-8-9-15-13(2)21-24-14(15)3/h6-7,10-11H,5,8-9,12H2,1-4H3,(H2,19,20,23). The van der Waals surface area contributed by atoms with Crippen molar-refractivity contribution in [3.05, 3.63) is 41.3 Å². The van der Waals surface area contributed by atoms with E-state index in [0.717, 1.165) is 47.8 Å². The summed E-state index contributed by atoms with van der Waals surface area (Å²) in [5.74, 6) is 0.855. The number of para-hydroxylation sites is 2. The van der Waals surface area contributed by atoms with Gasteiger partial charge in [-0.1, -0.05) is 17.3 Å². The Kier molecular flexibility index (Phi) is 6.23. The fraction of sp³-hybridized carbons (Fsp3) is 0.444. The van der Waals surface area contributed by atoms with Crippen molar-refractivity contribution >= 4 is 17.4 Å². The smallest absolute Gasteiger partial charge is 0.319 e. The first-order valence-corrected chi connectivity index (χ1v) is 8.29. The van der Waals surface area contributed by atoms with Crippen LogP contribution in [0.4, 0.5) is 16.2 Å². The molecule has 130 valence electrons. The van der Waals surface area contributed by atoms with Crippen LogP contribution in [0.15, 0.2) is 28.8 Å². The van der Waals surface area contributed by atoms with Gasteiger partial charge in [-0.25, -0.2) is 4.79 Å². The summed E-state index contributed by atoms with van der Waals surface area (Å²) in [6.45, 7) is 7.40. The molecule has 0 bridgehead atoms. The van der Waals surface area contributed by atoms with E-state index < -0.39 is 0 Å². The van der Waals surface area contributed by atoms with E-state index in [1.54, 1.807) is 0 Å². The van der Waals surface area contributed by atoms with Gasteiger partial charge in [-0.2, -0.15) is 0 Å². The Morgan fingerprint density at radius 3 is 2.71 bits per heavy atom. The lowest BCUT2D eigenvalue weighted by Gasteiger charge is -2.20. The van der Waals surface area contributed by atoms with Gasteiger partial charge in [0.25, 0.3) is 0 Å². The minimum absolute atomic E-state index is 0.189. The average Bonchev–Trinajstić information content (AvgIpc) is 2.90. The molecule has 0 aliphatic heterocycles. The Bertz CT molecular complexity index is 662. The molecule has 2 aromatic rings. The highest BCUT2D eigenvalue weighted by Gasteiger charge is 2.10. The van der Waals surface area contributed by atoms with Gasteiger partial charge in [-0.15, -0.1) is 0 Å². The van der Waals surface area contributed by atoms with Crippen molar-refractivity contribution < 1.29 is 9.32 Å². The summed E-state index contributed by atoms with van der Waals surface area (Å²) in [7, 11) is 2.00. The monoisotopic (exact) mass is 330 g/mol. The predicted octanol–water partition coefficient (Wildman–Crippen LogP) is 3.50. The summed E-state index contributed by atoms with van der Waals surface area (Å²) < 4.78 is 5.14. The van der Waals surface area contributed by atoms with Gasteiger partial charge in [0.1, 0.15) is 5.76 Å². The third kappa shape index (κ3) is 4.50. The Balaban J connectivity index is 1.82. The fourth-order valence-electron chi connectivity index (χ4n) is 2.57. The van der Waals surface area contributed by atoms with Crippen molar-refractivity contribution in [2.24, 2.45) is 0 Å². The first-order chi connectivity index (χ1) is 11.5. The van der Waals surface area contributed by atoms with Gasteiger partial charge in [0, 0.05) is 25.7 Å². The minimum Gasteiger partial charge on any atom is -0.373 e. The van der Waals surface area contributed by atoms with E-state index in [-0.39, 0.29) is 6.03 Å². The van der Waals surface area contributed by atoms with Crippen LogP contribution in [-0.2, 0) is 6.42 Å². The number of carbonyl (C=O) groups is 1. The normalized spacial score (nSPS) is 10.5. The summed E-state index contributed by atoms with van der Waals surface area (Å²) >= 11 is 0. The third-order valence-electron chi connectivity index (χ3n) is 4.11. The maximum Gasteiger partial charge on any atom is 0.319 e. The second-order valence-corrected chi connectivity index (χ2v) is 5.82. The van der Waals surface area contributed by atoms with E-state index in [1.807, 2.05) is 45.2 Å². The number of nitrogens with one attached hydrogen (secondary N) is 2. The summed E-state index contributed by atoms with van der Waals surface area (Å²) in [6.07, 6.45) is 1.68. The summed E-state index contributed by atoms with van der Waals surface area (Å²) in [5.41, 5.74) is 3.87. The molecule has 0 radical (unpaired) electrons. The van der Waals surface area contributed by atoms with Crippen LogP contribution in [0.2, 0.25) is 0 Å². The number of hydrogen-bond donors (Lipinski definition) is 2. The van der Waals surface area contributed by atoms with Crippen LogP contribution >= 0.6 is 0 Å². The number of aryl methyl sites for hydroxylation is 2. The van der Waals surface area contributed by atoms with Crippen LogP contribution in [0, 0.1) is 13.8 Å². The predicted molar refractivity (Wildman–Crippen MR) is 96.7 cm³/mol. The molecule has 2 N–H and O–H groups in total. The molecule has 1 aromatic carbocycles. The van der Waals surface area contributed by atoms with Gasteiger partial charge in [-0.05, 0) is 45.7 Å². The van der Waals surface area contributed by atoms with E-state index >= 15 is 0 Å². The highest BCUT2D eigenvalue weighted by molar-refractivity contribution is 5.93. The Labute approximate surface area is 143 Å². The van der Waals surface area contributed by atoms with Gasteiger partial charge >= 0.3 is 6.03 Å². The summed E-state index contributed by atoms with van der Waals surface area (Å²) in [6, 6.07) is 7.60. The summed E-state index contributed by atoms with van der Waals surface area (Å²) in [5, 5.41) is 9.76. The van der Waals surface area contributed by atoms with Crippen molar-refractivity contribution in [1.29, 1.82) is 0 Å². The molecular formula is C18H26N4O2. The van der Waals surface area contributed by atoms with E-state index in [2.05, 4.69) is 27.6 Å². The zero-order chi connectivity index (χ0) is 17.5. The number of carbonyl (C=O) groups excluding carboxylic acids is 1. The van der Waals surface area contributed by atoms with E-state index in [9.17, 15) is 4.79 Å². The highest BCUT2D eigenvalue weighted by Crippen LogP contribution is 2.24. The Hall–Kier alpha value is -2.50. The quantitative estimate of drug-likeness (QED) is 0.762. The molecule has 0 unspecified atom stereocenters. The van der Waals surface area contributed by atoms with Crippen LogP contribution in [0.1, 0.15) is 30.4 Å². The molecule has 0 aliphatic rings. The summed E-state index contributed by atoms with van der Waals surface area (Å²) in [4.78, 5) is 14.2. The number of hydrogen-bond acceptors (Lipinski definition) is 4. The number of anilines is 2. The number of benzene rings is 1. The van der Waals surface area contributed by atoms with Crippen LogP contribution < -0.4 is 15.5 Å². The van der Waals surface area contributed by atoms with E-state index in [1.165, 1.54) is 0 Å². The van der Waals surface area contributed by atoms with Gasteiger partial charge in [0.15, 0.2) is 0 Å². The Morgan fingerprint density at radius 1 is 1.29 bits per heavy atom. The fourth-order valence-corrected chi connectivity index (χ4v) is 2.57. The topological polar surface area (TPSA) is 70.4 Å². The van der Waals surface area contributed by atoms with Gasteiger partial charge < -0.3 is 20.1 Å². The average molecular weight is 330 g/mol. The molecule has 6 heteroatoms. The SMILES string of the molecule is CCN(C)c1ccccc1NC(=O)NCCCc1c(C)noc1C. The second-order valence-electron chi connectivity index (χ2n) is 5.82. The van der Waals surface area contributed by atoms with E-state index in [4.69, 9.17) is 4.52 Å². The number of amides is 2. The molecule has 2 rings (SSSR count). The van der Waals surface area contributed by atoms with Crippen molar-refractivity contribution in [1.82, 2.24) is 10.5 Å². The third-order valence-corrected chi connectivity index (χ3v) is 4.11. The lowest BCUT2D eigenvalue weighted by atomic mass is 10.1. The molecule has 0 atom stereocenters. The Morgan fingerprint density at radius 2 is 2.04 bits per heavy atom. The molecule has 0 fully saturated rings. The zero-order valence-corrected chi connectivity index (χ0v) is 14.8. The van der Waals surface area contributed by atoms with Crippen molar-refractivity contribution in [2.75, 3.05) is 30.4 Å². The lowest BCUT2D eigenvalue weighted by Crippen LogP contribution is -2.30. The van der Waals surface area contributed by atoms with Crippen LogP contribution in [-0.4, -0.2) is 31.3 Å². The van der Waals surface area contributed by atoms with Gasteiger partial charge in [0.05, 0.1) is 17.1 Å². The van der Waals surface area contributed by atoms with Crippen molar-refractivity contribution in [3.63, 3.8) is 0 Å².